The van der Waals surface area contributed by atoms with E-state index in [1.54, 1.807) is 0 Å². The third kappa shape index (κ3) is 18.7. The van der Waals surface area contributed by atoms with Crippen molar-refractivity contribution in [1.82, 2.24) is 36.8 Å². The van der Waals surface area contributed by atoms with Gasteiger partial charge in [-0.25, -0.2) is 0 Å². The smallest absolute Gasteiger partial charge is 0.325 e. The molecule has 0 radical (unpaired) electrons. The van der Waals surface area contributed by atoms with E-state index in [-0.39, 0.29) is 44.2 Å². The molecule has 24 nitrogen and oxygen atoms in total. The van der Waals surface area contributed by atoms with Crippen molar-refractivity contribution >= 4 is 65.2 Å². The van der Waals surface area contributed by atoms with Gasteiger partial charge in [0.15, 0.2) is 5.96 Å². The fraction of sp³-hybridized carbons (Fsp3) is 0.694. The van der Waals surface area contributed by atoms with Crippen LogP contribution in [-0.4, -0.2) is 142 Å². The summed E-state index contributed by atoms with van der Waals surface area (Å²) in [7, 11) is 0. The van der Waals surface area contributed by atoms with Gasteiger partial charge in [-0.2, -0.15) is 0 Å². The molecular formula is C36H62N12O12. The van der Waals surface area contributed by atoms with Crippen LogP contribution in [0.4, 0.5) is 0 Å². The van der Waals surface area contributed by atoms with Gasteiger partial charge >= 0.3 is 11.9 Å². The van der Waals surface area contributed by atoms with Crippen LogP contribution >= 0.6 is 0 Å². The van der Waals surface area contributed by atoms with Crippen molar-refractivity contribution in [2.45, 2.75) is 128 Å². The Labute approximate surface area is 347 Å². The number of nitrogens with zero attached hydrogens (tertiary/aromatic N) is 2. The van der Waals surface area contributed by atoms with Gasteiger partial charge in [0, 0.05) is 19.5 Å². The largest absolute Gasteiger partial charge is 0.481 e. The average molecular weight is 855 g/mol. The van der Waals surface area contributed by atoms with E-state index in [2.05, 4.69) is 36.9 Å². The van der Waals surface area contributed by atoms with Gasteiger partial charge in [0.2, 0.25) is 47.3 Å². The van der Waals surface area contributed by atoms with E-state index in [9.17, 15) is 58.2 Å². The lowest BCUT2D eigenvalue weighted by atomic mass is 10.0. The maximum absolute atomic E-state index is 13.8. The van der Waals surface area contributed by atoms with Crippen molar-refractivity contribution < 1.29 is 58.2 Å². The predicted octanol–water partition coefficient (Wildman–Crippen LogP) is -4.55. The zero-order valence-corrected chi connectivity index (χ0v) is 34.7. The molecule has 0 spiro atoms. The van der Waals surface area contributed by atoms with E-state index in [1.165, 1.54) is 25.7 Å². The molecule has 7 unspecified atom stereocenters. The van der Waals surface area contributed by atoms with Gasteiger partial charge in [-0.1, -0.05) is 27.7 Å². The Morgan fingerprint density at radius 2 is 1.33 bits per heavy atom. The molecule has 1 fully saturated rings. The van der Waals surface area contributed by atoms with Gasteiger partial charge < -0.3 is 69.9 Å². The summed E-state index contributed by atoms with van der Waals surface area (Å²) in [5, 5.41) is 32.9. The molecule has 8 amide bonds. The zero-order chi connectivity index (χ0) is 45.9. The van der Waals surface area contributed by atoms with E-state index in [4.69, 9.17) is 22.9 Å². The molecule has 60 heavy (non-hydrogen) atoms. The Hall–Kier alpha value is -6.07. The number of hydrogen-bond acceptors (Lipinski definition) is 12. The van der Waals surface area contributed by atoms with Gasteiger partial charge in [-0.05, 0) is 57.3 Å². The monoisotopic (exact) mass is 854 g/mol. The van der Waals surface area contributed by atoms with Crippen molar-refractivity contribution in [2.75, 3.05) is 19.6 Å². The Balaban J connectivity index is 3.31. The molecule has 1 saturated heterocycles. The van der Waals surface area contributed by atoms with E-state index >= 15 is 0 Å². The predicted molar refractivity (Wildman–Crippen MR) is 214 cm³/mol. The standard InChI is InChI=1S/C36H62N12O12/c1-17(2)14-20(37)29(53)42-16-26(50)48-13-7-9-24(48)33(57)45-21(8-6-12-41-36(39)40)30(54)44-22(10-11-27(51)52)31(55)46-23(15-25(38)49)32(56)47-28(18(3)4)34(58)43-19(5)35(59)60/h17-24,28H,6-16,37H2,1-5H3,(H2,38,49)(H,42,53)(H,43,58)(H,44,54)(H,45,57)(H,46,55)(H,47,56)(H,51,52)(H,59,60)(H4,39,40,41). The number of carbonyl (C=O) groups is 10. The quantitative estimate of drug-likeness (QED) is 0.0221. The number of primary amides is 1. The first-order chi connectivity index (χ1) is 27.9. The van der Waals surface area contributed by atoms with Crippen LogP contribution in [0.3, 0.4) is 0 Å². The SMILES string of the molecule is CC(C)CC(N)C(=O)NCC(=O)N1CCCC1C(=O)NC(CCCN=C(N)N)C(=O)NC(CCC(=O)O)C(=O)NC(CC(N)=O)C(=O)NC(C(=O)NC(C)C(=O)O)C(C)C. The lowest BCUT2D eigenvalue weighted by Crippen LogP contribution is -2.60. The number of aliphatic carboxylic acids is 2. The molecule has 1 aliphatic heterocycles. The third-order valence-electron chi connectivity index (χ3n) is 9.22. The third-order valence-corrected chi connectivity index (χ3v) is 9.22. The first-order valence-electron chi connectivity index (χ1n) is 19.6. The minimum atomic E-state index is -1.75. The summed E-state index contributed by atoms with van der Waals surface area (Å²) in [4.78, 5) is 133. The van der Waals surface area contributed by atoms with E-state index in [0.717, 1.165) is 0 Å². The molecule has 24 heteroatoms. The van der Waals surface area contributed by atoms with E-state index in [0.29, 0.717) is 12.8 Å². The number of carboxylic acid groups (broad SMARTS) is 2. The fourth-order valence-electron chi connectivity index (χ4n) is 6.03. The number of amides is 8. The van der Waals surface area contributed by atoms with Crippen LogP contribution in [-0.2, 0) is 47.9 Å². The van der Waals surface area contributed by atoms with Crippen LogP contribution in [0.1, 0.15) is 86.0 Å². The number of hydrogen-bond donors (Lipinski definition) is 12. The first kappa shape index (κ1) is 51.9. The minimum Gasteiger partial charge on any atom is -0.481 e. The van der Waals surface area contributed by atoms with Crippen molar-refractivity contribution in [3.8, 4) is 0 Å². The lowest BCUT2D eigenvalue weighted by molar-refractivity contribution is -0.142. The molecule has 1 heterocycles. The van der Waals surface area contributed by atoms with Crippen LogP contribution < -0.4 is 54.8 Å². The molecule has 0 saturated carbocycles. The highest BCUT2D eigenvalue weighted by Gasteiger charge is 2.37. The fourth-order valence-corrected chi connectivity index (χ4v) is 6.03. The molecule has 0 aromatic heterocycles. The molecule has 0 aromatic rings. The molecule has 0 aliphatic carbocycles. The summed E-state index contributed by atoms with van der Waals surface area (Å²) in [5.41, 5.74) is 22.1. The lowest BCUT2D eigenvalue weighted by Gasteiger charge is -2.28. The van der Waals surface area contributed by atoms with E-state index < -0.39 is 133 Å². The van der Waals surface area contributed by atoms with Crippen molar-refractivity contribution in [1.29, 1.82) is 0 Å². The summed E-state index contributed by atoms with van der Waals surface area (Å²) in [6, 6.07) is -9.38. The number of nitrogens with two attached hydrogens (primary N) is 4. The molecule has 0 aromatic carbocycles. The van der Waals surface area contributed by atoms with Crippen LogP contribution in [0.2, 0.25) is 0 Å². The number of carbonyl (C=O) groups excluding carboxylic acids is 8. The van der Waals surface area contributed by atoms with Crippen LogP contribution in [0.25, 0.3) is 0 Å². The highest BCUT2D eigenvalue weighted by atomic mass is 16.4. The van der Waals surface area contributed by atoms with Crippen LogP contribution in [0.15, 0.2) is 4.99 Å². The summed E-state index contributed by atoms with van der Waals surface area (Å²) >= 11 is 0. The summed E-state index contributed by atoms with van der Waals surface area (Å²) in [5.74, 6) is -10.4. The maximum atomic E-state index is 13.8. The second kappa shape index (κ2) is 25.4. The molecule has 1 aliphatic rings. The molecule has 0 bridgehead atoms. The highest BCUT2D eigenvalue weighted by Crippen LogP contribution is 2.18. The molecular weight excluding hydrogens is 792 g/mol. The molecule has 1 rings (SSSR count). The number of carboxylic acids is 2. The normalized spacial score (nSPS) is 16.5. The second-order valence-corrected chi connectivity index (χ2v) is 15.2. The minimum absolute atomic E-state index is 0.0200. The molecule has 16 N–H and O–H groups in total. The number of likely N-dealkylation sites (tertiary alicyclic amines) is 1. The Morgan fingerprint density at radius 1 is 0.750 bits per heavy atom. The van der Waals surface area contributed by atoms with Gasteiger partial charge in [0.25, 0.3) is 0 Å². The Kier molecular flexibility index (Phi) is 22.0. The van der Waals surface area contributed by atoms with Crippen LogP contribution in [0, 0.1) is 11.8 Å². The number of aliphatic imine (C=N–C) groups is 1. The topological polar surface area (TPSA) is 403 Å². The summed E-state index contributed by atoms with van der Waals surface area (Å²) < 4.78 is 0. The molecule has 338 valence electrons. The second-order valence-electron chi connectivity index (χ2n) is 15.2. The van der Waals surface area contributed by atoms with Crippen LogP contribution in [0.5, 0.6) is 0 Å². The summed E-state index contributed by atoms with van der Waals surface area (Å²) in [6.07, 6.45) is -0.967. The highest BCUT2D eigenvalue weighted by molar-refractivity contribution is 5.98. The number of rotatable bonds is 26. The average Bonchev–Trinajstić information content (AvgIpc) is 3.64. The van der Waals surface area contributed by atoms with Crippen molar-refractivity contribution in [3.63, 3.8) is 0 Å². The number of guanidine groups is 1. The Morgan fingerprint density at radius 3 is 1.87 bits per heavy atom. The van der Waals surface area contributed by atoms with E-state index in [1.807, 2.05) is 13.8 Å². The van der Waals surface area contributed by atoms with Gasteiger partial charge in [-0.15, -0.1) is 0 Å². The molecule has 7 atom stereocenters. The summed E-state index contributed by atoms with van der Waals surface area (Å²) in [6.45, 7) is 7.81. The van der Waals surface area contributed by atoms with Crippen molar-refractivity contribution in [3.05, 3.63) is 0 Å². The maximum Gasteiger partial charge on any atom is 0.325 e. The first-order valence-corrected chi connectivity index (χ1v) is 19.6. The van der Waals surface area contributed by atoms with Crippen molar-refractivity contribution in [2.24, 2.45) is 39.8 Å². The van der Waals surface area contributed by atoms with Gasteiger partial charge in [0.05, 0.1) is 19.0 Å². The number of nitrogens with one attached hydrogen (secondary N) is 6. The van der Waals surface area contributed by atoms with Gasteiger partial charge in [0.1, 0.15) is 36.3 Å². The Bertz CT molecular complexity index is 1600. The van der Waals surface area contributed by atoms with Gasteiger partial charge in [-0.3, -0.25) is 52.9 Å². The zero-order valence-electron chi connectivity index (χ0n) is 34.7.